The number of nitrogens with zero attached hydrogens (tertiary/aromatic N) is 2. The molecule has 0 aliphatic rings. The third-order valence-electron chi connectivity index (χ3n) is 1.65. The first-order valence-electron chi connectivity index (χ1n) is 4.69. The van der Waals surface area contributed by atoms with Crippen molar-refractivity contribution < 1.29 is 9.53 Å². The summed E-state index contributed by atoms with van der Waals surface area (Å²) in [4.78, 5) is 15.5. The van der Waals surface area contributed by atoms with E-state index in [4.69, 9.17) is 10.00 Å². The zero-order valence-electron chi connectivity index (χ0n) is 9.61. The van der Waals surface area contributed by atoms with Crippen molar-refractivity contribution in [1.29, 1.82) is 5.26 Å². The first-order valence-corrected chi connectivity index (χ1v) is 5.91. The number of rotatable bonds is 5. The minimum absolute atomic E-state index is 0.191. The van der Waals surface area contributed by atoms with Crippen LogP contribution in [0.25, 0.3) is 0 Å². The largest absolute Gasteiger partial charge is 0.383 e. The second-order valence-electron chi connectivity index (χ2n) is 2.83. The van der Waals surface area contributed by atoms with E-state index in [9.17, 15) is 4.79 Å². The third kappa shape index (κ3) is 6.27. The molecule has 0 saturated heterocycles. The molecule has 0 aliphatic carbocycles. The maximum atomic E-state index is 11.5. The van der Waals surface area contributed by atoms with Crippen molar-refractivity contribution in [1.82, 2.24) is 10.6 Å². The lowest BCUT2D eigenvalue weighted by atomic mass is 10.3. The van der Waals surface area contributed by atoms with Gasteiger partial charge in [0.25, 0.3) is 0 Å². The van der Waals surface area contributed by atoms with Gasteiger partial charge in [-0.25, -0.2) is 4.99 Å². The van der Waals surface area contributed by atoms with Crippen molar-refractivity contribution in [3.8, 4) is 6.19 Å². The monoisotopic (exact) mass is 244 g/mol. The second-order valence-corrected chi connectivity index (χ2v) is 3.63. The highest BCUT2D eigenvalue weighted by Gasteiger charge is 2.11. The van der Waals surface area contributed by atoms with E-state index in [1.807, 2.05) is 0 Å². The van der Waals surface area contributed by atoms with E-state index < -0.39 is 6.04 Å². The fourth-order valence-electron chi connectivity index (χ4n) is 0.842. The molecule has 1 amide bonds. The Morgan fingerprint density at radius 2 is 2.38 bits per heavy atom. The van der Waals surface area contributed by atoms with Crippen LogP contribution < -0.4 is 10.6 Å². The van der Waals surface area contributed by atoms with Gasteiger partial charge in [0.2, 0.25) is 5.91 Å². The molecule has 0 rings (SSSR count). The Morgan fingerprint density at radius 1 is 1.69 bits per heavy atom. The number of hydrogen-bond donors (Lipinski definition) is 2. The quantitative estimate of drug-likeness (QED) is 0.232. The van der Waals surface area contributed by atoms with Crippen LogP contribution in [0.4, 0.5) is 0 Å². The molecule has 7 heteroatoms. The molecular weight excluding hydrogens is 228 g/mol. The standard InChI is InChI=1S/C9H16N4O2S/c1-7(8(14)11-4-5-15-2)13-9(16-3)12-6-10/h7H,4-5H2,1-3H3,(H,11,14)(H,12,13). The maximum absolute atomic E-state index is 11.5. The normalized spacial score (nSPS) is 12.8. The van der Waals surface area contributed by atoms with Crippen LogP contribution in [0.3, 0.4) is 0 Å². The van der Waals surface area contributed by atoms with Gasteiger partial charge in [0.15, 0.2) is 11.4 Å². The van der Waals surface area contributed by atoms with Crippen LogP contribution >= 0.6 is 11.8 Å². The molecule has 0 aliphatic heterocycles. The molecule has 1 unspecified atom stereocenters. The van der Waals surface area contributed by atoms with Crippen LogP contribution in [-0.4, -0.2) is 43.6 Å². The summed E-state index contributed by atoms with van der Waals surface area (Å²) in [5.41, 5.74) is 0. The van der Waals surface area contributed by atoms with E-state index in [2.05, 4.69) is 15.6 Å². The van der Waals surface area contributed by atoms with Gasteiger partial charge in [-0.3, -0.25) is 10.1 Å². The maximum Gasteiger partial charge on any atom is 0.244 e. The van der Waals surface area contributed by atoms with Crippen molar-refractivity contribution in [2.75, 3.05) is 26.5 Å². The Labute approximate surface area is 99.4 Å². The first-order chi connectivity index (χ1) is 7.65. The topological polar surface area (TPSA) is 86.5 Å². The number of nitriles is 1. The SMILES string of the molecule is COCCNC(=O)C(C)N=C(NC#N)SC. The van der Waals surface area contributed by atoms with Crippen molar-refractivity contribution in [2.24, 2.45) is 4.99 Å². The van der Waals surface area contributed by atoms with Crippen LogP contribution in [0, 0.1) is 11.5 Å². The summed E-state index contributed by atoms with van der Waals surface area (Å²) in [5.74, 6) is -0.191. The van der Waals surface area contributed by atoms with E-state index >= 15 is 0 Å². The average molecular weight is 244 g/mol. The van der Waals surface area contributed by atoms with Gasteiger partial charge in [-0.2, -0.15) is 5.26 Å². The molecule has 0 spiro atoms. The second kappa shape index (κ2) is 9.00. The Hall–Kier alpha value is -1.26. The lowest BCUT2D eigenvalue weighted by molar-refractivity contribution is -0.122. The van der Waals surface area contributed by atoms with Gasteiger partial charge in [-0.1, -0.05) is 11.8 Å². The number of thioether (sulfide) groups is 1. The summed E-state index contributed by atoms with van der Waals surface area (Å²) in [5, 5.41) is 13.9. The summed E-state index contributed by atoms with van der Waals surface area (Å²) in [6.07, 6.45) is 3.54. The Bertz CT molecular complexity index is 288. The predicted octanol–water partition coefficient (Wildman–Crippen LogP) is -0.0728. The van der Waals surface area contributed by atoms with E-state index in [0.717, 1.165) is 0 Å². The summed E-state index contributed by atoms with van der Waals surface area (Å²) < 4.78 is 4.80. The molecule has 16 heavy (non-hydrogen) atoms. The first kappa shape index (κ1) is 14.7. The number of ether oxygens (including phenoxy) is 1. The van der Waals surface area contributed by atoms with Crippen LogP contribution in [0.15, 0.2) is 4.99 Å². The molecule has 0 aromatic carbocycles. The van der Waals surface area contributed by atoms with E-state index in [1.54, 1.807) is 26.5 Å². The van der Waals surface area contributed by atoms with Crippen molar-refractivity contribution >= 4 is 22.8 Å². The van der Waals surface area contributed by atoms with Crippen LogP contribution in [-0.2, 0) is 9.53 Å². The Balaban J connectivity index is 4.16. The highest BCUT2D eigenvalue weighted by Crippen LogP contribution is 1.99. The predicted molar refractivity (Wildman–Crippen MR) is 64.0 cm³/mol. The Kier molecular flexibility index (Phi) is 8.29. The van der Waals surface area contributed by atoms with Crippen molar-refractivity contribution in [3.63, 3.8) is 0 Å². The molecule has 90 valence electrons. The number of carbonyl (C=O) groups excluding carboxylic acids is 1. The lowest BCUT2D eigenvalue weighted by Gasteiger charge is -2.09. The van der Waals surface area contributed by atoms with E-state index in [1.165, 1.54) is 11.8 Å². The van der Waals surface area contributed by atoms with Crippen molar-refractivity contribution in [2.45, 2.75) is 13.0 Å². The molecule has 6 nitrogen and oxygen atoms in total. The van der Waals surface area contributed by atoms with Gasteiger partial charge in [-0.05, 0) is 13.2 Å². The minimum atomic E-state index is -0.528. The highest BCUT2D eigenvalue weighted by atomic mass is 32.2. The van der Waals surface area contributed by atoms with E-state index in [0.29, 0.717) is 18.3 Å². The summed E-state index contributed by atoms with van der Waals surface area (Å²) in [6.45, 7) is 2.58. The number of methoxy groups -OCH3 is 1. The average Bonchev–Trinajstić information content (AvgIpc) is 2.28. The summed E-state index contributed by atoms with van der Waals surface area (Å²) >= 11 is 1.28. The van der Waals surface area contributed by atoms with Gasteiger partial charge in [0, 0.05) is 13.7 Å². The number of carbonyl (C=O) groups is 1. The zero-order valence-corrected chi connectivity index (χ0v) is 10.4. The van der Waals surface area contributed by atoms with E-state index in [-0.39, 0.29) is 5.91 Å². The summed E-state index contributed by atoms with van der Waals surface area (Å²) in [6, 6.07) is -0.528. The molecule has 0 radical (unpaired) electrons. The smallest absolute Gasteiger partial charge is 0.244 e. The summed E-state index contributed by atoms with van der Waals surface area (Å²) in [7, 11) is 1.57. The molecular formula is C9H16N4O2S. The molecule has 2 N–H and O–H groups in total. The fraction of sp³-hybridized carbons (Fsp3) is 0.667. The van der Waals surface area contributed by atoms with Crippen LogP contribution in [0.5, 0.6) is 0 Å². The van der Waals surface area contributed by atoms with Gasteiger partial charge in [-0.15, -0.1) is 0 Å². The molecule has 0 aromatic heterocycles. The highest BCUT2D eigenvalue weighted by molar-refractivity contribution is 8.13. The molecule has 0 fully saturated rings. The number of hydrogen-bond acceptors (Lipinski definition) is 5. The molecule has 0 heterocycles. The van der Waals surface area contributed by atoms with Crippen LogP contribution in [0.2, 0.25) is 0 Å². The fourth-order valence-corrected chi connectivity index (χ4v) is 1.25. The van der Waals surface area contributed by atoms with Crippen LogP contribution in [0.1, 0.15) is 6.92 Å². The number of nitrogens with one attached hydrogen (secondary N) is 2. The molecule has 0 aromatic rings. The van der Waals surface area contributed by atoms with Gasteiger partial charge >= 0.3 is 0 Å². The van der Waals surface area contributed by atoms with Gasteiger partial charge in [0.05, 0.1) is 6.61 Å². The number of amidine groups is 1. The van der Waals surface area contributed by atoms with Crippen molar-refractivity contribution in [3.05, 3.63) is 0 Å². The van der Waals surface area contributed by atoms with Gasteiger partial charge < -0.3 is 10.1 Å². The Morgan fingerprint density at radius 3 is 2.88 bits per heavy atom. The minimum Gasteiger partial charge on any atom is -0.383 e. The number of amides is 1. The lowest BCUT2D eigenvalue weighted by Crippen LogP contribution is -2.35. The zero-order chi connectivity index (χ0) is 12.4. The molecule has 0 bridgehead atoms. The third-order valence-corrected chi connectivity index (χ3v) is 2.25. The molecule has 1 atom stereocenters. The number of aliphatic imine (C=N–C) groups is 1. The van der Waals surface area contributed by atoms with Gasteiger partial charge in [0.1, 0.15) is 6.04 Å². The molecule has 0 saturated carbocycles.